The molecule has 0 aliphatic rings. The minimum Gasteiger partial charge on any atom is -0.497 e. The first kappa shape index (κ1) is 16.7. The second kappa shape index (κ2) is 6.76. The van der Waals surface area contributed by atoms with Crippen molar-refractivity contribution in [2.45, 2.75) is 6.92 Å². The minimum atomic E-state index is -0.361. The summed E-state index contributed by atoms with van der Waals surface area (Å²) in [5, 5.41) is 3.51. The van der Waals surface area contributed by atoms with Crippen molar-refractivity contribution in [2.24, 2.45) is 0 Å². The molecule has 0 unspecified atom stereocenters. The first-order valence-corrected chi connectivity index (χ1v) is 7.61. The van der Waals surface area contributed by atoms with Crippen LogP contribution in [0.4, 0.5) is 10.1 Å². The second-order valence-electron chi connectivity index (χ2n) is 5.51. The lowest BCUT2D eigenvalue weighted by molar-refractivity contribution is 0.102. The standard InChI is InChI=1S/C19H17FN2O3/c1-11-17(6-12-4-5-13(20)7-18(12)21-11)19(23)22-14-8-15(24-2)10-16(9-14)25-3/h4-10H,1-3H3,(H,22,23). The van der Waals surface area contributed by atoms with E-state index in [0.717, 1.165) is 0 Å². The van der Waals surface area contributed by atoms with E-state index >= 15 is 0 Å². The van der Waals surface area contributed by atoms with E-state index in [1.807, 2.05) is 0 Å². The maximum absolute atomic E-state index is 13.3. The number of anilines is 1. The van der Waals surface area contributed by atoms with E-state index in [1.54, 1.807) is 37.3 Å². The molecule has 1 amide bonds. The molecule has 3 aromatic rings. The van der Waals surface area contributed by atoms with Gasteiger partial charge in [0.25, 0.3) is 5.91 Å². The van der Waals surface area contributed by atoms with E-state index in [2.05, 4.69) is 10.3 Å². The monoisotopic (exact) mass is 340 g/mol. The summed E-state index contributed by atoms with van der Waals surface area (Å²) in [6.45, 7) is 1.71. The molecule has 1 N–H and O–H groups in total. The van der Waals surface area contributed by atoms with Gasteiger partial charge in [-0.3, -0.25) is 9.78 Å². The van der Waals surface area contributed by atoms with E-state index in [4.69, 9.17) is 9.47 Å². The fourth-order valence-corrected chi connectivity index (χ4v) is 2.54. The van der Waals surface area contributed by atoms with E-state index < -0.39 is 0 Å². The minimum absolute atomic E-state index is 0.313. The fraction of sp³-hybridized carbons (Fsp3) is 0.158. The third kappa shape index (κ3) is 3.52. The zero-order valence-electron chi connectivity index (χ0n) is 14.1. The Kier molecular flexibility index (Phi) is 4.52. The molecule has 0 aliphatic carbocycles. The van der Waals surface area contributed by atoms with Crippen LogP contribution >= 0.6 is 0 Å². The number of pyridine rings is 1. The summed E-state index contributed by atoms with van der Waals surface area (Å²) in [4.78, 5) is 17.0. The summed E-state index contributed by atoms with van der Waals surface area (Å²) in [5.41, 5.74) is 1.99. The highest BCUT2D eigenvalue weighted by molar-refractivity contribution is 6.07. The Balaban J connectivity index is 1.94. The number of aromatic nitrogens is 1. The molecule has 0 spiro atoms. The Labute approximate surface area is 144 Å². The average molecular weight is 340 g/mol. The Morgan fingerprint density at radius 2 is 1.72 bits per heavy atom. The van der Waals surface area contributed by atoms with Crippen molar-refractivity contribution >= 4 is 22.5 Å². The summed E-state index contributed by atoms with van der Waals surface area (Å²) >= 11 is 0. The van der Waals surface area contributed by atoms with Crippen LogP contribution in [0.1, 0.15) is 16.1 Å². The summed E-state index contributed by atoms with van der Waals surface area (Å²) in [6.07, 6.45) is 0. The third-order valence-electron chi connectivity index (χ3n) is 3.82. The number of carbonyl (C=O) groups excluding carboxylic acids is 1. The molecule has 0 fully saturated rings. The van der Waals surface area contributed by atoms with Crippen LogP contribution in [0.15, 0.2) is 42.5 Å². The average Bonchev–Trinajstić information content (AvgIpc) is 2.60. The molecule has 1 aromatic heterocycles. The van der Waals surface area contributed by atoms with E-state index in [1.165, 1.54) is 26.4 Å². The number of nitrogens with one attached hydrogen (secondary N) is 1. The van der Waals surface area contributed by atoms with Gasteiger partial charge in [0.2, 0.25) is 0 Å². The molecular formula is C19H17FN2O3. The van der Waals surface area contributed by atoms with Crippen molar-refractivity contribution in [1.82, 2.24) is 4.98 Å². The molecule has 5 nitrogen and oxygen atoms in total. The van der Waals surface area contributed by atoms with Gasteiger partial charge >= 0.3 is 0 Å². The van der Waals surface area contributed by atoms with Crippen molar-refractivity contribution in [3.05, 3.63) is 59.5 Å². The molecule has 0 aliphatic heterocycles. The highest BCUT2D eigenvalue weighted by Crippen LogP contribution is 2.26. The molecule has 0 saturated carbocycles. The number of rotatable bonds is 4. The van der Waals surface area contributed by atoms with Gasteiger partial charge < -0.3 is 14.8 Å². The molecule has 1 heterocycles. The van der Waals surface area contributed by atoms with E-state index in [-0.39, 0.29) is 11.7 Å². The number of aryl methyl sites for hydroxylation is 1. The van der Waals surface area contributed by atoms with Crippen LogP contribution in [0, 0.1) is 12.7 Å². The number of methoxy groups -OCH3 is 2. The number of fused-ring (bicyclic) bond motifs is 1. The summed E-state index contributed by atoms with van der Waals surface area (Å²) in [5.74, 6) is 0.462. The fourth-order valence-electron chi connectivity index (χ4n) is 2.54. The van der Waals surface area contributed by atoms with Crippen molar-refractivity contribution in [3.63, 3.8) is 0 Å². The summed E-state index contributed by atoms with van der Waals surface area (Å²) < 4.78 is 23.7. The van der Waals surface area contributed by atoms with Crippen molar-refractivity contribution < 1.29 is 18.7 Å². The molecule has 128 valence electrons. The lowest BCUT2D eigenvalue weighted by Crippen LogP contribution is -2.14. The largest absolute Gasteiger partial charge is 0.497 e. The van der Waals surface area contributed by atoms with Gasteiger partial charge in [0.1, 0.15) is 17.3 Å². The topological polar surface area (TPSA) is 60.5 Å². The number of hydrogen-bond acceptors (Lipinski definition) is 4. The van der Waals surface area contributed by atoms with Crippen molar-refractivity contribution in [2.75, 3.05) is 19.5 Å². The predicted octanol–water partition coefficient (Wildman–Crippen LogP) is 3.95. The normalized spacial score (nSPS) is 10.6. The van der Waals surface area contributed by atoms with Gasteiger partial charge in [-0.2, -0.15) is 0 Å². The van der Waals surface area contributed by atoms with Gasteiger partial charge in [0.05, 0.1) is 31.0 Å². The van der Waals surface area contributed by atoms with Crippen molar-refractivity contribution in [3.8, 4) is 11.5 Å². The van der Waals surface area contributed by atoms with Crippen LogP contribution in [0.5, 0.6) is 11.5 Å². The van der Waals surface area contributed by atoms with Crippen LogP contribution in [0.3, 0.4) is 0 Å². The smallest absolute Gasteiger partial charge is 0.257 e. The molecule has 25 heavy (non-hydrogen) atoms. The molecule has 3 rings (SSSR count). The second-order valence-corrected chi connectivity index (χ2v) is 5.51. The van der Waals surface area contributed by atoms with Gasteiger partial charge in [0.15, 0.2) is 0 Å². The quantitative estimate of drug-likeness (QED) is 0.781. The van der Waals surface area contributed by atoms with E-state index in [0.29, 0.717) is 39.3 Å². The zero-order chi connectivity index (χ0) is 18.0. The van der Waals surface area contributed by atoms with Gasteiger partial charge in [0, 0.05) is 35.3 Å². The maximum atomic E-state index is 13.3. The highest BCUT2D eigenvalue weighted by atomic mass is 19.1. The summed E-state index contributed by atoms with van der Waals surface area (Å²) in [6, 6.07) is 11.1. The Morgan fingerprint density at radius 3 is 2.36 bits per heavy atom. The van der Waals surface area contributed by atoms with Crippen LogP contribution < -0.4 is 14.8 Å². The Morgan fingerprint density at radius 1 is 1.04 bits per heavy atom. The Hall–Kier alpha value is -3.15. The first-order chi connectivity index (χ1) is 12.0. The molecule has 0 saturated heterocycles. The maximum Gasteiger partial charge on any atom is 0.257 e. The number of benzene rings is 2. The number of amides is 1. The van der Waals surface area contributed by atoms with Gasteiger partial charge in [-0.1, -0.05) is 0 Å². The van der Waals surface area contributed by atoms with E-state index in [9.17, 15) is 9.18 Å². The number of halogens is 1. The first-order valence-electron chi connectivity index (χ1n) is 7.61. The van der Waals surface area contributed by atoms with Crippen LogP contribution in [0.2, 0.25) is 0 Å². The highest BCUT2D eigenvalue weighted by Gasteiger charge is 2.13. The molecule has 2 aromatic carbocycles. The molecule has 0 atom stereocenters. The zero-order valence-corrected chi connectivity index (χ0v) is 14.1. The lowest BCUT2D eigenvalue weighted by atomic mass is 10.1. The molecule has 6 heteroatoms. The molecular weight excluding hydrogens is 323 g/mol. The number of carbonyl (C=O) groups is 1. The van der Waals surface area contributed by atoms with Crippen LogP contribution in [-0.2, 0) is 0 Å². The van der Waals surface area contributed by atoms with Gasteiger partial charge in [-0.25, -0.2) is 4.39 Å². The molecule has 0 bridgehead atoms. The van der Waals surface area contributed by atoms with Crippen LogP contribution in [0.25, 0.3) is 10.9 Å². The summed E-state index contributed by atoms with van der Waals surface area (Å²) in [7, 11) is 3.08. The van der Waals surface area contributed by atoms with Gasteiger partial charge in [-0.05, 0) is 25.1 Å². The van der Waals surface area contributed by atoms with Crippen LogP contribution in [-0.4, -0.2) is 25.1 Å². The number of ether oxygens (including phenoxy) is 2. The third-order valence-corrected chi connectivity index (χ3v) is 3.82. The number of nitrogens with zero attached hydrogens (tertiary/aromatic N) is 1. The SMILES string of the molecule is COc1cc(NC(=O)c2cc3ccc(F)cc3nc2C)cc(OC)c1. The van der Waals surface area contributed by atoms with Gasteiger partial charge in [-0.15, -0.1) is 0 Å². The molecule has 0 radical (unpaired) electrons. The van der Waals surface area contributed by atoms with Crippen molar-refractivity contribution in [1.29, 1.82) is 0 Å². The number of hydrogen-bond donors (Lipinski definition) is 1. The lowest BCUT2D eigenvalue weighted by Gasteiger charge is -2.11. The predicted molar refractivity (Wildman–Crippen MR) is 93.9 cm³/mol. The Bertz CT molecular complexity index is 935.